The largest absolute Gasteiger partial charge is 0.459 e. The second-order valence-corrected chi connectivity index (χ2v) is 10.4. The molecule has 1 N–H and O–H groups in total. The fourth-order valence-electron chi connectivity index (χ4n) is 6.32. The number of hydrogen-bond donors (Lipinski definition) is 1. The quantitative estimate of drug-likeness (QED) is 0.730. The fraction of sp³-hybridized carbons (Fsp3) is 0.565. The second-order valence-electron chi connectivity index (χ2n) is 9.53. The number of aliphatic hydroxyl groups is 1. The van der Waals surface area contributed by atoms with E-state index in [-0.39, 0.29) is 18.0 Å². The van der Waals surface area contributed by atoms with Crippen LogP contribution in [0.15, 0.2) is 29.6 Å². The molecule has 0 amide bonds. The molecule has 1 aromatic carbocycles. The van der Waals surface area contributed by atoms with Crippen LogP contribution in [0.25, 0.3) is 10.6 Å². The lowest BCUT2D eigenvalue weighted by atomic mass is 9.47. The van der Waals surface area contributed by atoms with Crippen LogP contribution in [0, 0.1) is 24.2 Å². The van der Waals surface area contributed by atoms with Gasteiger partial charge in [-0.2, -0.15) is 0 Å². The number of nitrogens with zero attached hydrogens (tertiary/aromatic N) is 1. The summed E-state index contributed by atoms with van der Waals surface area (Å²) < 4.78 is 5.59. The molecule has 148 valence electrons. The third kappa shape index (κ3) is 3.50. The summed E-state index contributed by atoms with van der Waals surface area (Å²) in [5, 5.41) is 13.8. The summed E-state index contributed by atoms with van der Waals surface area (Å²) in [5.41, 5.74) is 2.56. The molecule has 2 unspecified atom stereocenters. The molecule has 0 spiro atoms. The van der Waals surface area contributed by atoms with Gasteiger partial charge < -0.3 is 9.84 Å². The van der Waals surface area contributed by atoms with Crippen LogP contribution in [0.2, 0.25) is 0 Å². The van der Waals surface area contributed by atoms with Crippen molar-refractivity contribution in [1.82, 2.24) is 4.98 Å². The minimum absolute atomic E-state index is 0.0367. The summed E-state index contributed by atoms with van der Waals surface area (Å²) in [4.78, 5) is 17.2. The molecule has 5 heteroatoms. The van der Waals surface area contributed by atoms with Gasteiger partial charge in [0.05, 0.1) is 17.7 Å². The molecule has 28 heavy (non-hydrogen) atoms. The van der Waals surface area contributed by atoms with E-state index in [9.17, 15) is 9.90 Å². The van der Waals surface area contributed by atoms with Crippen LogP contribution in [-0.4, -0.2) is 21.7 Å². The van der Waals surface area contributed by atoms with Crippen LogP contribution < -0.4 is 0 Å². The molecule has 1 aromatic heterocycles. The van der Waals surface area contributed by atoms with E-state index >= 15 is 0 Å². The van der Waals surface area contributed by atoms with E-state index in [0.717, 1.165) is 48.4 Å². The average Bonchev–Trinajstić information content (AvgIpc) is 3.07. The van der Waals surface area contributed by atoms with Crippen LogP contribution in [0.5, 0.6) is 0 Å². The number of carbonyl (C=O) groups is 1. The Morgan fingerprint density at radius 1 is 1.21 bits per heavy atom. The van der Waals surface area contributed by atoms with Crippen LogP contribution in [0.1, 0.15) is 56.2 Å². The van der Waals surface area contributed by atoms with Gasteiger partial charge in [-0.15, -0.1) is 11.3 Å². The molecular formula is C23H27NO3S. The Bertz CT molecular complexity index is 874. The van der Waals surface area contributed by atoms with E-state index in [2.05, 4.69) is 36.2 Å². The third-order valence-corrected chi connectivity index (χ3v) is 7.84. The fourth-order valence-corrected chi connectivity index (χ4v) is 7.13. The minimum Gasteiger partial charge on any atom is -0.459 e. The number of thiazole rings is 1. The third-order valence-electron chi connectivity index (χ3n) is 6.90. The van der Waals surface area contributed by atoms with Crippen molar-refractivity contribution in [3.8, 4) is 10.6 Å². The van der Waals surface area contributed by atoms with E-state index in [1.165, 1.54) is 12.0 Å². The Morgan fingerprint density at radius 3 is 2.61 bits per heavy atom. The summed E-state index contributed by atoms with van der Waals surface area (Å²) in [6, 6.07) is 8.30. The lowest BCUT2D eigenvalue weighted by Crippen LogP contribution is -2.56. The molecule has 1 heterocycles. The van der Waals surface area contributed by atoms with E-state index in [1.54, 1.807) is 11.3 Å². The van der Waals surface area contributed by atoms with Gasteiger partial charge in [0.1, 0.15) is 11.6 Å². The number of aromatic nitrogens is 1. The first kappa shape index (κ1) is 18.3. The summed E-state index contributed by atoms with van der Waals surface area (Å²) in [5.74, 6) is 1.04. The Morgan fingerprint density at radius 2 is 1.93 bits per heavy atom. The van der Waals surface area contributed by atoms with Gasteiger partial charge in [0.2, 0.25) is 0 Å². The SMILES string of the molecule is Cc1ccc(-c2nc(COC(=O)CC34C[C@@H]5C[C@@H](CC(O)(C5)C3)C4)cs2)cc1. The Labute approximate surface area is 170 Å². The highest BCUT2D eigenvalue weighted by atomic mass is 32.1. The second kappa shape index (κ2) is 6.67. The van der Waals surface area contributed by atoms with Crippen LogP contribution >= 0.6 is 11.3 Å². The molecule has 4 aliphatic carbocycles. The summed E-state index contributed by atoms with van der Waals surface area (Å²) in [6.07, 6.45) is 6.47. The number of rotatable bonds is 5. The highest BCUT2D eigenvalue weighted by molar-refractivity contribution is 7.13. The zero-order chi connectivity index (χ0) is 19.4. The topological polar surface area (TPSA) is 59.4 Å². The maximum absolute atomic E-state index is 12.6. The lowest BCUT2D eigenvalue weighted by Gasteiger charge is -2.60. The van der Waals surface area contributed by atoms with Gasteiger partial charge in [0.15, 0.2) is 0 Å². The summed E-state index contributed by atoms with van der Waals surface area (Å²) in [7, 11) is 0. The molecule has 4 atom stereocenters. The van der Waals surface area contributed by atoms with E-state index in [0.29, 0.717) is 18.3 Å². The standard InChI is InChI=1S/C23H27NO3S/c1-15-2-4-18(5-3-15)21-24-19(13-28-21)12-27-20(25)11-22-7-16-6-17(8-22)10-23(26,9-16)14-22/h2-5,13,16-17,26H,6-12,14H2,1H3/t16-,17+,22?,23?. The maximum Gasteiger partial charge on any atom is 0.306 e. The van der Waals surface area contributed by atoms with Crippen molar-refractivity contribution in [3.05, 3.63) is 40.9 Å². The Kier molecular flexibility index (Phi) is 4.36. The predicted molar refractivity (Wildman–Crippen MR) is 109 cm³/mol. The number of carbonyl (C=O) groups excluding carboxylic acids is 1. The molecule has 0 radical (unpaired) electrons. The molecule has 4 saturated carbocycles. The molecular weight excluding hydrogens is 370 g/mol. The maximum atomic E-state index is 12.6. The smallest absolute Gasteiger partial charge is 0.306 e. The van der Waals surface area contributed by atoms with Crippen molar-refractivity contribution in [2.75, 3.05) is 0 Å². The molecule has 0 aliphatic heterocycles. The van der Waals surface area contributed by atoms with Gasteiger partial charge in [0, 0.05) is 10.9 Å². The minimum atomic E-state index is -0.526. The molecule has 4 fully saturated rings. The van der Waals surface area contributed by atoms with E-state index < -0.39 is 5.60 Å². The number of benzene rings is 1. The van der Waals surface area contributed by atoms with Crippen LogP contribution in [0.3, 0.4) is 0 Å². The predicted octanol–water partition coefficient (Wildman–Crippen LogP) is 4.88. The van der Waals surface area contributed by atoms with Gasteiger partial charge in [-0.25, -0.2) is 4.98 Å². The van der Waals surface area contributed by atoms with Gasteiger partial charge in [-0.3, -0.25) is 4.79 Å². The Hall–Kier alpha value is -1.72. The molecule has 4 nitrogen and oxygen atoms in total. The lowest BCUT2D eigenvalue weighted by molar-refractivity contribution is -0.177. The monoisotopic (exact) mass is 397 g/mol. The zero-order valence-electron chi connectivity index (χ0n) is 16.3. The number of ether oxygens (including phenoxy) is 1. The molecule has 4 bridgehead atoms. The number of esters is 1. The van der Waals surface area contributed by atoms with Crippen molar-refractivity contribution in [3.63, 3.8) is 0 Å². The van der Waals surface area contributed by atoms with Crippen molar-refractivity contribution in [2.45, 2.75) is 64.1 Å². The number of hydrogen-bond acceptors (Lipinski definition) is 5. The normalized spacial score (nSPS) is 33.2. The van der Waals surface area contributed by atoms with Gasteiger partial charge in [-0.05, 0) is 62.7 Å². The molecule has 4 aliphatic rings. The first-order valence-electron chi connectivity index (χ1n) is 10.3. The van der Waals surface area contributed by atoms with Crippen molar-refractivity contribution in [1.29, 1.82) is 0 Å². The molecule has 0 saturated heterocycles. The van der Waals surface area contributed by atoms with E-state index in [1.807, 2.05) is 5.38 Å². The zero-order valence-corrected chi connectivity index (χ0v) is 17.1. The van der Waals surface area contributed by atoms with Gasteiger partial charge in [-0.1, -0.05) is 29.8 Å². The van der Waals surface area contributed by atoms with E-state index in [4.69, 9.17) is 4.74 Å². The first-order chi connectivity index (χ1) is 13.4. The summed E-state index contributed by atoms with van der Waals surface area (Å²) in [6.45, 7) is 2.30. The highest BCUT2D eigenvalue weighted by Gasteiger charge is 2.57. The first-order valence-corrected chi connectivity index (χ1v) is 11.2. The van der Waals surface area contributed by atoms with Crippen molar-refractivity contribution < 1.29 is 14.6 Å². The van der Waals surface area contributed by atoms with Crippen LogP contribution in [0.4, 0.5) is 0 Å². The molecule has 6 rings (SSSR count). The number of aryl methyl sites for hydroxylation is 1. The average molecular weight is 398 g/mol. The Balaban J connectivity index is 1.20. The van der Waals surface area contributed by atoms with Gasteiger partial charge >= 0.3 is 5.97 Å². The van der Waals surface area contributed by atoms with Crippen molar-refractivity contribution >= 4 is 17.3 Å². The highest BCUT2D eigenvalue weighted by Crippen LogP contribution is 2.62. The summed E-state index contributed by atoms with van der Waals surface area (Å²) >= 11 is 1.58. The van der Waals surface area contributed by atoms with Crippen LogP contribution in [-0.2, 0) is 16.1 Å². The van der Waals surface area contributed by atoms with Crippen molar-refractivity contribution in [2.24, 2.45) is 17.3 Å². The van der Waals surface area contributed by atoms with Gasteiger partial charge in [0.25, 0.3) is 0 Å². The molecule has 2 aromatic rings.